The van der Waals surface area contributed by atoms with Crippen molar-refractivity contribution in [3.05, 3.63) is 10.9 Å². The minimum Gasteiger partial charge on any atom is -0.397 e. The molecule has 1 aromatic heterocycles. The molecule has 0 spiro atoms. The number of nitrogen functional groups attached to an aromatic ring is 1. The van der Waals surface area contributed by atoms with Crippen LogP contribution in [0.3, 0.4) is 0 Å². The van der Waals surface area contributed by atoms with Crippen molar-refractivity contribution in [3.63, 3.8) is 0 Å². The lowest BCUT2D eigenvalue weighted by atomic mass is 10.2. The number of nitrogens with two attached hydrogens (primary N) is 1. The molecule has 0 saturated heterocycles. The topological polar surface area (TPSA) is 55.1 Å². The molecular weight excluding hydrogens is 208 g/mol. The Balaban J connectivity index is 2.10. The average Bonchev–Trinajstić information content (AvgIpc) is 2.99. The second-order valence-corrected chi connectivity index (χ2v) is 5.01. The van der Waals surface area contributed by atoms with Crippen molar-refractivity contribution in [2.24, 2.45) is 5.92 Å². The third kappa shape index (κ3) is 2.31. The Labute approximate surface area is 93.7 Å². The third-order valence-electron chi connectivity index (χ3n) is 2.48. The molecule has 1 aliphatic carbocycles. The van der Waals surface area contributed by atoms with Crippen LogP contribution in [0.5, 0.6) is 0 Å². The quantitative estimate of drug-likeness (QED) is 0.756. The molecule has 0 atom stereocenters. The number of hydrogen-bond donors (Lipinski definition) is 2. The van der Waals surface area contributed by atoms with Gasteiger partial charge in [-0.1, -0.05) is 6.92 Å². The van der Waals surface area contributed by atoms with Crippen molar-refractivity contribution < 1.29 is 4.79 Å². The van der Waals surface area contributed by atoms with Crippen LogP contribution in [0.1, 0.15) is 35.9 Å². The van der Waals surface area contributed by atoms with Crippen LogP contribution in [-0.4, -0.2) is 12.3 Å². The molecule has 15 heavy (non-hydrogen) atoms. The molecule has 0 unspecified atom stereocenters. The molecule has 3 N–H and O–H groups in total. The molecule has 4 heteroatoms. The fourth-order valence-corrected chi connectivity index (χ4v) is 2.49. The van der Waals surface area contributed by atoms with Gasteiger partial charge in [-0.15, -0.1) is 11.3 Å². The molecule has 0 amide bonds. The highest BCUT2D eigenvalue weighted by Crippen LogP contribution is 2.38. The number of rotatable bonds is 5. The summed E-state index contributed by atoms with van der Waals surface area (Å²) in [6.07, 6.45) is 3.14. The summed E-state index contributed by atoms with van der Waals surface area (Å²) >= 11 is 1.49. The fourth-order valence-electron chi connectivity index (χ4n) is 1.46. The highest BCUT2D eigenvalue weighted by atomic mass is 32.1. The lowest BCUT2D eigenvalue weighted by Crippen LogP contribution is -2.01. The minimum absolute atomic E-state index is 0.238. The normalized spacial score (nSPS) is 15.3. The first kappa shape index (κ1) is 10.5. The summed E-state index contributed by atoms with van der Waals surface area (Å²) < 4.78 is 0. The monoisotopic (exact) mass is 224 g/mol. The largest absolute Gasteiger partial charge is 0.397 e. The van der Waals surface area contributed by atoms with Crippen LogP contribution in [0.4, 0.5) is 10.7 Å². The van der Waals surface area contributed by atoms with Crippen LogP contribution in [0.2, 0.25) is 0 Å². The Bertz CT molecular complexity index is 369. The number of anilines is 2. The first-order valence-corrected chi connectivity index (χ1v) is 6.21. The zero-order valence-electron chi connectivity index (χ0n) is 8.88. The highest BCUT2D eigenvalue weighted by Gasteiger charge is 2.32. The van der Waals surface area contributed by atoms with E-state index in [4.69, 9.17) is 5.73 Å². The van der Waals surface area contributed by atoms with E-state index in [1.54, 1.807) is 0 Å². The van der Waals surface area contributed by atoms with Crippen LogP contribution in [0, 0.1) is 5.92 Å². The van der Waals surface area contributed by atoms with E-state index in [0.29, 0.717) is 5.69 Å². The lowest BCUT2D eigenvalue weighted by molar-refractivity contribution is 0.0972. The second kappa shape index (κ2) is 4.23. The van der Waals surface area contributed by atoms with Crippen LogP contribution < -0.4 is 11.1 Å². The number of carbonyl (C=O) groups excluding carboxylic acids is 1. The molecule has 0 radical (unpaired) electrons. The van der Waals surface area contributed by atoms with E-state index in [0.717, 1.165) is 35.7 Å². The van der Waals surface area contributed by atoms with Gasteiger partial charge < -0.3 is 11.1 Å². The Morgan fingerprint density at radius 2 is 2.40 bits per heavy atom. The maximum Gasteiger partial charge on any atom is 0.178 e. The maximum atomic E-state index is 11.8. The van der Waals surface area contributed by atoms with E-state index in [-0.39, 0.29) is 11.7 Å². The Morgan fingerprint density at radius 1 is 1.67 bits per heavy atom. The van der Waals surface area contributed by atoms with Crippen molar-refractivity contribution >= 4 is 27.8 Å². The Morgan fingerprint density at radius 3 is 3.00 bits per heavy atom. The predicted molar refractivity (Wildman–Crippen MR) is 64.6 cm³/mol. The maximum absolute atomic E-state index is 11.8. The number of Topliss-reactive ketones (excluding diaryl/α,β-unsaturated/α-hetero) is 1. The molecule has 2 rings (SSSR count). The van der Waals surface area contributed by atoms with Gasteiger partial charge in [-0.25, -0.2) is 0 Å². The van der Waals surface area contributed by atoms with Crippen molar-refractivity contribution in [3.8, 4) is 0 Å². The summed E-state index contributed by atoms with van der Waals surface area (Å²) in [5.41, 5.74) is 6.46. The Hall–Kier alpha value is -1.03. The van der Waals surface area contributed by atoms with Gasteiger partial charge in [-0.05, 0) is 25.3 Å². The van der Waals surface area contributed by atoms with Crippen molar-refractivity contribution in [1.29, 1.82) is 0 Å². The predicted octanol–water partition coefficient (Wildman–Crippen LogP) is 2.74. The van der Waals surface area contributed by atoms with Crippen LogP contribution in [0.25, 0.3) is 0 Å². The average molecular weight is 224 g/mol. The van der Waals surface area contributed by atoms with E-state index in [9.17, 15) is 4.79 Å². The van der Waals surface area contributed by atoms with Gasteiger partial charge in [0.05, 0.1) is 15.6 Å². The number of thiophene rings is 1. The second-order valence-electron chi connectivity index (χ2n) is 3.96. The van der Waals surface area contributed by atoms with E-state index in [2.05, 4.69) is 12.2 Å². The summed E-state index contributed by atoms with van der Waals surface area (Å²) in [4.78, 5) is 12.6. The first-order chi connectivity index (χ1) is 7.22. The zero-order chi connectivity index (χ0) is 10.8. The smallest absolute Gasteiger partial charge is 0.178 e. The van der Waals surface area contributed by atoms with Gasteiger partial charge in [-0.3, -0.25) is 4.79 Å². The Kier molecular flexibility index (Phi) is 2.95. The van der Waals surface area contributed by atoms with E-state index in [1.807, 2.05) is 6.07 Å². The molecule has 0 bridgehead atoms. The van der Waals surface area contributed by atoms with Crippen molar-refractivity contribution in [2.75, 3.05) is 17.6 Å². The molecule has 0 aliphatic heterocycles. The molecule has 1 aliphatic rings. The van der Waals surface area contributed by atoms with Gasteiger partial charge in [0.15, 0.2) is 5.78 Å². The SMILES string of the molecule is CCCNc1cc(N)c(C(=O)C2CC2)s1. The lowest BCUT2D eigenvalue weighted by Gasteiger charge is -1.98. The number of nitrogens with one attached hydrogen (secondary N) is 1. The van der Waals surface area contributed by atoms with Gasteiger partial charge in [-0.2, -0.15) is 0 Å². The van der Waals surface area contributed by atoms with Crippen LogP contribution in [-0.2, 0) is 0 Å². The summed E-state index contributed by atoms with van der Waals surface area (Å²) in [5, 5.41) is 4.27. The molecule has 1 fully saturated rings. The summed E-state index contributed by atoms with van der Waals surface area (Å²) in [6, 6.07) is 1.87. The van der Waals surface area contributed by atoms with Crippen LogP contribution in [0.15, 0.2) is 6.07 Å². The molecule has 3 nitrogen and oxygen atoms in total. The summed E-state index contributed by atoms with van der Waals surface area (Å²) in [7, 11) is 0. The third-order valence-corrected chi connectivity index (χ3v) is 3.61. The number of carbonyl (C=O) groups is 1. The molecule has 1 heterocycles. The molecule has 82 valence electrons. The van der Waals surface area contributed by atoms with Gasteiger partial charge in [0.2, 0.25) is 0 Å². The highest BCUT2D eigenvalue weighted by molar-refractivity contribution is 7.18. The van der Waals surface area contributed by atoms with Crippen molar-refractivity contribution in [2.45, 2.75) is 26.2 Å². The first-order valence-electron chi connectivity index (χ1n) is 5.39. The standard InChI is InChI=1S/C11H16N2OS/c1-2-5-13-9-6-8(12)11(15-9)10(14)7-3-4-7/h6-7,13H,2-5,12H2,1H3. The summed E-state index contributed by atoms with van der Waals surface area (Å²) in [6.45, 7) is 3.04. The summed E-state index contributed by atoms with van der Waals surface area (Å²) in [5.74, 6) is 0.493. The van der Waals surface area contributed by atoms with E-state index in [1.165, 1.54) is 11.3 Å². The zero-order valence-corrected chi connectivity index (χ0v) is 9.69. The number of hydrogen-bond acceptors (Lipinski definition) is 4. The van der Waals surface area contributed by atoms with E-state index >= 15 is 0 Å². The van der Waals surface area contributed by atoms with Gasteiger partial charge >= 0.3 is 0 Å². The van der Waals surface area contributed by atoms with Crippen LogP contribution >= 0.6 is 11.3 Å². The molecule has 1 saturated carbocycles. The van der Waals surface area contributed by atoms with Crippen molar-refractivity contribution in [1.82, 2.24) is 0 Å². The van der Waals surface area contributed by atoms with E-state index < -0.39 is 0 Å². The number of ketones is 1. The molecule has 0 aromatic carbocycles. The molecular formula is C11H16N2OS. The fraction of sp³-hybridized carbons (Fsp3) is 0.545. The van der Waals surface area contributed by atoms with Gasteiger partial charge in [0, 0.05) is 12.5 Å². The van der Waals surface area contributed by atoms with Gasteiger partial charge in [0.1, 0.15) is 0 Å². The minimum atomic E-state index is 0.238. The van der Waals surface area contributed by atoms with Gasteiger partial charge in [0.25, 0.3) is 0 Å². The molecule has 1 aromatic rings.